The number of carbonyl (C=O) groups is 3. The highest BCUT2D eigenvalue weighted by molar-refractivity contribution is 5.86. The zero-order chi connectivity index (χ0) is 19.1. The molecule has 0 bridgehead atoms. The molecule has 0 heterocycles. The fourth-order valence-electron chi connectivity index (χ4n) is 2.03. The fourth-order valence-corrected chi connectivity index (χ4v) is 2.03. The molecule has 0 aromatic rings. The van der Waals surface area contributed by atoms with E-state index in [2.05, 4.69) is 23.8 Å². The highest BCUT2D eigenvalue weighted by Gasteiger charge is 2.21. The fraction of sp³-hybridized carbons (Fsp3) is 0.611. The first-order valence-corrected chi connectivity index (χ1v) is 8.49. The van der Waals surface area contributed by atoms with Crippen LogP contribution in [-0.4, -0.2) is 48.7 Å². The summed E-state index contributed by atoms with van der Waals surface area (Å²) in [7, 11) is 0. The number of hydrogen-bond donors (Lipinski definition) is 3. The standard InChI is InChI=1S/C18H30N2O5/c1-4-6-7-9-17(23)25-11-10-19-18(24)15(8-5-2)12-16(22)20-14(3)13-21/h4-5,14-15,21H,1-2,6-13H2,3H3,(H,19,24)(H,20,22)/t14-,15-/m1/s1. The van der Waals surface area contributed by atoms with Gasteiger partial charge in [0.2, 0.25) is 11.8 Å². The summed E-state index contributed by atoms with van der Waals surface area (Å²) in [6.07, 6.45) is 5.45. The Kier molecular flexibility index (Phi) is 13.0. The average Bonchev–Trinajstić information content (AvgIpc) is 2.58. The summed E-state index contributed by atoms with van der Waals surface area (Å²) in [4.78, 5) is 35.4. The highest BCUT2D eigenvalue weighted by Crippen LogP contribution is 2.10. The van der Waals surface area contributed by atoms with E-state index in [-0.39, 0.29) is 50.0 Å². The lowest BCUT2D eigenvalue weighted by molar-refractivity contribution is -0.144. The lowest BCUT2D eigenvalue weighted by Gasteiger charge is -2.17. The maximum atomic E-state index is 12.1. The summed E-state index contributed by atoms with van der Waals surface area (Å²) in [6.45, 7) is 8.96. The lowest BCUT2D eigenvalue weighted by Crippen LogP contribution is -2.39. The predicted molar refractivity (Wildman–Crippen MR) is 95.6 cm³/mol. The molecule has 0 unspecified atom stereocenters. The molecule has 0 fully saturated rings. The van der Waals surface area contributed by atoms with E-state index in [1.807, 2.05) is 0 Å². The van der Waals surface area contributed by atoms with Gasteiger partial charge in [-0.3, -0.25) is 14.4 Å². The minimum atomic E-state index is -0.549. The van der Waals surface area contributed by atoms with Crippen molar-refractivity contribution >= 4 is 17.8 Å². The van der Waals surface area contributed by atoms with Crippen molar-refractivity contribution in [2.45, 2.75) is 45.1 Å². The van der Waals surface area contributed by atoms with Gasteiger partial charge in [0.05, 0.1) is 19.1 Å². The van der Waals surface area contributed by atoms with Crippen molar-refractivity contribution in [1.82, 2.24) is 10.6 Å². The van der Waals surface area contributed by atoms with Gasteiger partial charge in [-0.05, 0) is 26.2 Å². The van der Waals surface area contributed by atoms with Crippen molar-refractivity contribution in [3.63, 3.8) is 0 Å². The number of aliphatic hydroxyl groups is 1. The maximum absolute atomic E-state index is 12.1. The second-order valence-electron chi connectivity index (χ2n) is 5.77. The van der Waals surface area contributed by atoms with Gasteiger partial charge in [-0.1, -0.05) is 12.2 Å². The van der Waals surface area contributed by atoms with Gasteiger partial charge in [-0.15, -0.1) is 13.2 Å². The van der Waals surface area contributed by atoms with E-state index in [0.29, 0.717) is 19.3 Å². The van der Waals surface area contributed by atoms with Crippen LogP contribution >= 0.6 is 0 Å². The van der Waals surface area contributed by atoms with Crippen LogP contribution in [0.2, 0.25) is 0 Å². The first-order valence-electron chi connectivity index (χ1n) is 8.49. The summed E-state index contributed by atoms with van der Waals surface area (Å²) in [5.41, 5.74) is 0. The smallest absolute Gasteiger partial charge is 0.305 e. The molecule has 0 aliphatic rings. The molecule has 0 radical (unpaired) electrons. The SMILES string of the molecule is C=CCCCC(=O)OCCNC(=O)[C@H](CC=C)CC(=O)N[C@H](C)CO. The van der Waals surface area contributed by atoms with Gasteiger partial charge in [0.25, 0.3) is 0 Å². The number of carbonyl (C=O) groups excluding carboxylic acids is 3. The van der Waals surface area contributed by atoms with E-state index >= 15 is 0 Å². The van der Waals surface area contributed by atoms with Crippen LogP contribution in [0.25, 0.3) is 0 Å². The average molecular weight is 354 g/mol. The lowest BCUT2D eigenvalue weighted by atomic mass is 9.99. The van der Waals surface area contributed by atoms with Gasteiger partial charge in [0.1, 0.15) is 6.61 Å². The molecule has 2 amide bonds. The van der Waals surface area contributed by atoms with Crippen LogP contribution < -0.4 is 10.6 Å². The second kappa shape index (κ2) is 14.2. The Morgan fingerprint density at radius 3 is 2.56 bits per heavy atom. The molecule has 25 heavy (non-hydrogen) atoms. The van der Waals surface area contributed by atoms with Crippen LogP contribution in [0.15, 0.2) is 25.3 Å². The van der Waals surface area contributed by atoms with Gasteiger partial charge in [-0.2, -0.15) is 0 Å². The number of nitrogens with one attached hydrogen (secondary N) is 2. The van der Waals surface area contributed by atoms with Crippen molar-refractivity contribution in [2.75, 3.05) is 19.8 Å². The van der Waals surface area contributed by atoms with Crippen LogP contribution in [-0.2, 0) is 19.1 Å². The molecule has 0 aromatic heterocycles. The zero-order valence-electron chi connectivity index (χ0n) is 15.0. The number of esters is 1. The molecule has 142 valence electrons. The molecule has 0 spiro atoms. The Morgan fingerprint density at radius 1 is 1.24 bits per heavy atom. The molecular formula is C18H30N2O5. The van der Waals surface area contributed by atoms with Crippen molar-refractivity contribution < 1.29 is 24.2 Å². The van der Waals surface area contributed by atoms with Crippen molar-refractivity contribution in [2.24, 2.45) is 5.92 Å². The molecule has 0 aliphatic carbocycles. The van der Waals surface area contributed by atoms with E-state index < -0.39 is 5.92 Å². The largest absolute Gasteiger partial charge is 0.464 e. The maximum Gasteiger partial charge on any atom is 0.305 e. The number of allylic oxidation sites excluding steroid dienone is 2. The van der Waals surface area contributed by atoms with Gasteiger partial charge in [-0.25, -0.2) is 0 Å². The van der Waals surface area contributed by atoms with Gasteiger partial charge < -0.3 is 20.5 Å². The Labute approximate surface area is 149 Å². The summed E-state index contributed by atoms with van der Waals surface area (Å²) < 4.78 is 5.01. The Bertz CT molecular complexity index is 451. The topological polar surface area (TPSA) is 105 Å². The molecule has 7 heteroatoms. The molecule has 0 saturated carbocycles. The normalized spacial score (nSPS) is 12.6. The molecule has 0 aromatic carbocycles. The van der Waals surface area contributed by atoms with Crippen LogP contribution in [0.1, 0.15) is 39.0 Å². The Morgan fingerprint density at radius 2 is 1.96 bits per heavy atom. The quantitative estimate of drug-likeness (QED) is 0.246. The van der Waals surface area contributed by atoms with E-state index in [0.717, 1.165) is 6.42 Å². The number of amides is 2. The van der Waals surface area contributed by atoms with Crippen molar-refractivity contribution in [3.05, 3.63) is 25.3 Å². The van der Waals surface area contributed by atoms with Crippen molar-refractivity contribution in [3.8, 4) is 0 Å². The third-order valence-corrected chi connectivity index (χ3v) is 3.39. The number of rotatable bonds is 14. The third kappa shape index (κ3) is 11.9. The summed E-state index contributed by atoms with van der Waals surface area (Å²) in [5.74, 6) is -1.46. The zero-order valence-corrected chi connectivity index (χ0v) is 15.0. The summed E-state index contributed by atoms with van der Waals surface area (Å²) in [6, 6.07) is -0.361. The van der Waals surface area contributed by atoms with E-state index in [9.17, 15) is 14.4 Å². The first kappa shape index (κ1) is 22.9. The van der Waals surface area contributed by atoms with Gasteiger partial charge in [0.15, 0.2) is 0 Å². The van der Waals surface area contributed by atoms with E-state index in [1.54, 1.807) is 19.1 Å². The minimum absolute atomic E-state index is 0.00351. The van der Waals surface area contributed by atoms with Crippen molar-refractivity contribution in [1.29, 1.82) is 0 Å². The molecular weight excluding hydrogens is 324 g/mol. The number of aliphatic hydroxyl groups excluding tert-OH is 1. The van der Waals surface area contributed by atoms with Crippen LogP contribution in [0.4, 0.5) is 0 Å². The van der Waals surface area contributed by atoms with Crippen LogP contribution in [0.5, 0.6) is 0 Å². The summed E-state index contributed by atoms with van der Waals surface area (Å²) >= 11 is 0. The number of unbranched alkanes of at least 4 members (excludes halogenated alkanes) is 1. The molecule has 0 rings (SSSR count). The number of ether oxygens (including phenoxy) is 1. The van der Waals surface area contributed by atoms with Crippen LogP contribution in [0.3, 0.4) is 0 Å². The molecule has 0 saturated heterocycles. The highest BCUT2D eigenvalue weighted by atomic mass is 16.5. The minimum Gasteiger partial charge on any atom is -0.464 e. The molecule has 3 N–H and O–H groups in total. The molecule has 2 atom stereocenters. The van der Waals surface area contributed by atoms with E-state index in [1.165, 1.54) is 0 Å². The summed E-state index contributed by atoms with van der Waals surface area (Å²) in [5, 5.41) is 14.2. The second-order valence-corrected chi connectivity index (χ2v) is 5.77. The third-order valence-electron chi connectivity index (χ3n) is 3.39. The van der Waals surface area contributed by atoms with Gasteiger partial charge >= 0.3 is 5.97 Å². The monoisotopic (exact) mass is 354 g/mol. The van der Waals surface area contributed by atoms with Gasteiger partial charge in [0, 0.05) is 18.9 Å². The van der Waals surface area contributed by atoms with E-state index in [4.69, 9.17) is 9.84 Å². The Balaban J connectivity index is 4.15. The predicted octanol–water partition coefficient (Wildman–Crippen LogP) is 1.08. The van der Waals surface area contributed by atoms with Crippen LogP contribution in [0, 0.1) is 5.92 Å². The number of hydrogen-bond acceptors (Lipinski definition) is 5. The first-order chi connectivity index (χ1) is 11.9. The molecule has 7 nitrogen and oxygen atoms in total. The Hall–Kier alpha value is -2.15. The molecule has 0 aliphatic heterocycles.